The van der Waals surface area contributed by atoms with E-state index in [4.69, 9.17) is 0 Å². The molecule has 0 saturated heterocycles. The lowest BCUT2D eigenvalue weighted by Gasteiger charge is -2.01. The molecule has 0 unspecified atom stereocenters. The molecular weight excluding hydrogens is 264 g/mol. The molecule has 2 rings (SSSR count). The Bertz CT molecular complexity index is 480. The van der Waals surface area contributed by atoms with Crippen LogP contribution < -0.4 is 5.43 Å². The summed E-state index contributed by atoms with van der Waals surface area (Å²) in [6, 6.07) is 17.8. The Balaban J connectivity index is 2.03. The number of anilines is 1. The van der Waals surface area contributed by atoms with Gasteiger partial charge in [-0.2, -0.15) is 5.10 Å². The number of para-hydroxylation sites is 1. The molecule has 0 aliphatic rings. The standard InChI is InChI=1S/C13H11BrN2/c14-12-8-4-5-9-13(12)16-15-10-11-6-2-1-3-7-11/h1-10,16H/b15-10+. The largest absolute Gasteiger partial charge is 0.277 e. The van der Waals surface area contributed by atoms with E-state index in [0.29, 0.717) is 0 Å². The third-order valence-electron chi connectivity index (χ3n) is 2.07. The van der Waals surface area contributed by atoms with Crippen LogP contribution in [0.15, 0.2) is 64.2 Å². The van der Waals surface area contributed by atoms with E-state index in [1.807, 2.05) is 54.6 Å². The van der Waals surface area contributed by atoms with Crippen molar-refractivity contribution in [3.63, 3.8) is 0 Å². The van der Waals surface area contributed by atoms with E-state index in [1.165, 1.54) is 0 Å². The highest BCUT2D eigenvalue weighted by Crippen LogP contribution is 2.20. The fraction of sp³-hybridized carbons (Fsp3) is 0. The summed E-state index contributed by atoms with van der Waals surface area (Å²) in [7, 11) is 0. The Hall–Kier alpha value is -1.61. The van der Waals surface area contributed by atoms with Crippen molar-refractivity contribution in [3.8, 4) is 0 Å². The molecule has 2 aromatic rings. The highest BCUT2D eigenvalue weighted by atomic mass is 79.9. The van der Waals surface area contributed by atoms with Gasteiger partial charge in [0.25, 0.3) is 0 Å². The highest BCUT2D eigenvalue weighted by Gasteiger charge is 1.94. The molecule has 2 aromatic carbocycles. The summed E-state index contributed by atoms with van der Waals surface area (Å²) in [5.41, 5.74) is 5.01. The second-order valence-corrected chi connectivity index (χ2v) is 4.11. The molecule has 0 spiro atoms. The van der Waals surface area contributed by atoms with Crippen molar-refractivity contribution in [2.45, 2.75) is 0 Å². The molecule has 1 N–H and O–H groups in total. The average molecular weight is 275 g/mol. The maximum atomic E-state index is 4.17. The Labute approximate surface area is 103 Å². The number of hydrogen-bond donors (Lipinski definition) is 1. The molecule has 3 heteroatoms. The van der Waals surface area contributed by atoms with Crippen LogP contribution in [0.1, 0.15) is 5.56 Å². The van der Waals surface area contributed by atoms with E-state index in [9.17, 15) is 0 Å². The molecule has 0 aliphatic carbocycles. The molecule has 0 heterocycles. The number of hydrazone groups is 1. The lowest BCUT2D eigenvalue weighted by Crippen LogP contribution is -1.90. The van der Waals surface area contributed by atoms with Crippen LogP contribution in [0.5, 0.6) is 0 Å². The second-order valence-electron chi connectivity index (χ2n) is 3.26. The lowest BCUT2D eigenvalue weighted by atomic mass is 10.2. The average Bonchev–Trinajstić information content (AvgIpc) is 2.33. The summed E-state index contributed by atoms with van der Waals surface area (Å²) >= 11 is 3.45. The van der Waals surface area contributed by atoms with E-state index < -0.39 is 0 Å². The molecular formula is C13H11BrN2. The van der Waals surface area contributed by atoms with Gasteiger partial charge in [0.15, 0.2) is 0 Å². The quantitative estimate of drug-likeness (QED) is 0.667. The molecule has 0 radical (unpaired) electrons. The van der Waals surface area contributed by atoms with Crippen LogP contribution in [0.25, 0.3) is 0 Å². The van der Waals surface area contributed by atoms with Crippen molar-refractivity contribution in [3.05, 3.63) is 64.6 Å². The minimum absolute atomic E-state index is 0.953. The zero-order valence-electron chi connectivity index (χ0n) is 8.60. The maximum absolute atomic E-state index is 4.17. The third kappa shape index (κ3) is 2.94. The van der Waals surface area contributed by atoms with Gasteiger partial charge in [-0.3, -0.25) is 5.43 Å². The van der Waals surface area contributed by atoms with Gasteiger partial charge in [0.05, 0.1) is 11.9 Å². The first-order valence-electron chi connectivity index (χ1n) is 4.95. The number of nitrogens with zero attached hydrogens (tertiary/aromatic N) is 1. The van der Waals surface area contributed by atoms with Gasteiger partial charge in [-0.05, 0) is 33.6 Å². The molecule has 80 valence electrons. The van der Waals surface area contributed by atoms with Crippen LogP contribution in [0.3, 0.4) is 0 Å². The van der Waals surface area contributed by atoms with Crippen LogP contribution in [-0.2, 0) is 0 Å². The SMILES string of the molecule is Brc1ccccc1N/N=C/c1ccccc1. The van der Waals surface area contributed by atoms with Crippen LogP contribution in [0.2, 0.25) is 0 Å². The number of nitrogens with one attached hydrogen (secondary N) is 1. The molecule has 0 amide bonds. The van der Waals surface area contributed by atoms with E-state index in [-0.39, 0.29) is 0 Å². The fourth-order valence-electron chi connectivity index (χ4n) is 1.27. The Morgan fingerprint density at radius 3 is 2.38 bits per heavy atom. The normalized spacial score (nSPS) is 10.6. The number of benzene rings is 2. The van der Waals surface area contributed by atoms with Crippen LogP contribution in [0.4, 0.5) is 5.69 Å². The summed E-state index contributed by atoms with van der Waals surface area (Å²) in [6.07, 6.45) is 1.79. The summed E-state index contributed by atoms with van der Waals surface area (Å²) in [6.45, 7) is 0. The van der Waals surface area contributed by atoms with Crippen molar-refractivity contribution in [2.24, 2.45) is 5.10 Å². The van der Waals surface area contributed by atoms with E-state index in [1.54, 1.807) is 6.21 Å². The minimum atomic E-state index is 0.953. The van der Waals surface area contributed by atoms with E-state index >= 15 is 0 Å². The number of rotatable bonds is 3. The van der Waals surface area contributed by atoms with Gasteiger partial charge in [-0.1, -0.05) is 42.5 Å². The Morgan fingerprint density at radius 2 is 1.62 bits per heavy atom. The summed E-state index contributed by atoms with van der Waals surface area (Å²) < 4.78 is 1.00. The minimum Gasteiger partial charge on any atom is -0.277 e. The van der Waals surface area contributed by atoms with Crippen molar-refractivity contribution < 1.29 is 0 Å². The van der Waals surface area contributed by atoms with Crippen molar-refractivity contribution in [2.75, 3.05) is 5.43 Å². The van der Waals surface area contributed by atoms with Gasteiger partial charge in [0.2, 0.25) is 0 Å². The van der Waals surface area contributed by atoms with Gasteiger partial charge in [-0.25, -0.2) is 0 Å². The fourth-order valence-corrected chi connectivity index (χ4v) is 1.64. The van der Waals surface area contributed by atoms with Gasteiger partial charge in [-0.15, -0.1) is 0 Å². The zero-order valence-corrected chi connectivity index (χ0v) is 10.2. The summed E-state index contributed by atoms with van der Waals surface area (Å²) in [5.74, 6) is 0. The second kappa shape index (κ2) is 5.47. The first-order valence-corrected chi connectivity index (χ1v) is 5.74. The Morgan fingerprint density at radius 1 is 0.938 bits per heavy atom. The van der Waals surface area contributed by atoms with Crippen molar-refractivity contribution in [1.82, 2.24) is 0 Å². The molecule has 16 heavy (non-hydrogen) atoms. The molecule has 2 nitrogen and oxygen atoms in total. The molecule has 0 atom stereocenters. The van der Waals surface area contributed by atoms with Crippen molar-refractivity contribution in [1.29, 1.82) is 0 Å². The predicted octanol–water partition coefficient (Wildman–Crippen LogP) is 3.90. The smallest absolute Gasteiger partial charge is 0.0703 e. The van der Waals surface area contributed by atoms with Gasteiger partial charge in [0, 0.05) is 4.47 Å². The van der Waals surface area contributed by atoms with E-state index in [0.717, 1.165) is 15.7 Å². The summed E-state index contributed by atoms with van der Waals surface area (Å²) in [4.78, 5) is 0. The third-order valence-corrected chi connectivity index (χ3v) is 2.76. The lowest BCUT2D eigenvalue weighted by molar-refractivity contribution is 1.34. The first-order chi connectivity index (χ1) is 7.86. The van der Waals surface area contributed by atoms with Crippen molar-refractivity contribution >= 4 is 27.8 Å². The highest BCUT2D eigenvalue weighted by molar-refractivity contribution is 9.10. The van der Waals surface area contributed by atoms with Crippen LogP contribution in [0, 0.1) is 0 Å². The molecule has 0 fully saturated rings. The monoisotopic (exact) mass is 274 g/mol. The van der Waals surface area contributed by atoms with Crippen LogP contribution in [-0.4, -0.2) is 6.21 Å². The predicted molar refractivity (Wildman–Crippen MR) is 71.8 cm³/mol. The zero-order chi connectivity index (χ0) is 11.2. The number of hydrogen-bond acceptors (Lipinski definition) is 2. The molecule has 0 bridgehead atoms. The van der Waals surface area contributed by atoms with Gasteiger partial charge >= 0.3 is 0 Å². The maximum Gasteiger partial charge on any atom is 0.0703 e. The molecule has 0 aromatic heterocycles. The summed E-state index contributed by atoms with van der Waals surface area (Å²) in [5, 5.41) is 4.17. The molecule has 0 aliphatic heterocycles. The van der Waals surface area contributed by atoms with Gasteiger partial charge in [0.1, 0.15) is 0 Å². The Kier molecular flexibility index (Phi) is 3.72. The first kappa shape index (κ1) is 10.9. The number of halogens is 1. The van der Waals surface area contributed by atoms with Crippen LogP contribution >= 0.6 is 15.9 Å². The molecule has 0 saturated carbocycles. The van der Waals surface area contributed by atoms with E-state index in [2.05, 4.69) is 26.5 Å². The topological polar surface area (TPSA) is 24.4 Å². The van der Waals surface area contributed by atoms with Gasteiger partial charge < -0.3 is 0 Å².